The molecule has 6 nitrogen and oxygen atoms in total. The van der Waals surface area contributed by atoms with Crippen LogP contribution >= 0.6 is 0 Å². The Morgan fingerprint density at radius 3 is 2.52 bits per heavy atom. The standard InChI is InChI=1S/C15H19N3O3/c1-4-13-14(15(19)21-3)16-17-18(13)10-9-11-5-7-12(20-2)8-6-11/h5-8H,4,9-10H2,1-3H3. The number of benzene rings is 1. The summed E-state index contributed by atoms with van der Waals surface area (Å²) in [4.78, 5) is 11.6. The zero-order valence-corrected chi connectivity index (χ0v) is 12.5. The summed E-state index contributed by atoms with van der Waals surface area (Å²) in [6.45, 7) is 2.63. The van der Waals surface area contributed by atoms with Crippen LogP contribution in [0.2, 0.25) is 0 Å². The molecule has 0 bridgehead atoms. The minimum atomic E-state index is -0.442. The number of ether oxygens (including phenoxy) is 2. The fourth-order valence-electron chi connectivity index (χ4n) is 2.14. The minimum absolute atomic E-state index is 0.301. The topological polar surface area (TPSA) is 66.2 Å². The number of hydrogen-bond donors (Lipinski definition) is 0. The molecule has 21 heavy (non-hydrogen) atoms. The second kappa shape index (κ2) is 6.88. The van der Waals surface area contributed by atoms with Crippen molar-refractivity contribution in [1.29, 1.82) is 0 Å². The molecular weight excluding hydrogens is 270 g/mol. The zero-order chi connectivity index (χ0) is 15.2. The maximum Gasteiger partial charge on any atom is 0.360 e. The van der Waals surface area contributed by atoms with Crippen molar-refractivity contribution in [3.8, 4) is 5.75 Å². The van der Waals surface area contributed by atoms with Crippen molar-refractivity contribution in [3.05, 3.63) is 41.2 Å². The Bertz CT molecular complexity index is 605. The molecular formula is C15H19N3O3. The molecule has 0 unspecified atom stereocenters. The van der Waals surface area contributed by atoms with Gasteiger partial charge in [0.15, 0.2) is 5.69 Å². The van der Waals surface area contributed by atoms with E-state index in [1.807, 2.05) is 31.2 Å². The van der Waals surface area contributed by atoms with E-state index in [0.717, 1.165) is 17.9 Å². The molecule has 0 amide bonds. The molecule has 0 N–H and O–H groups in total. The van der Waals surface area contributed by atoms with Gasteiger partial charge in [0.05, 0.1) is 19.9 Å². The molecule has 0 radical (unpaired) electrons. The van der Waals surface area contributed by atoms with E-state index in [1.165, 1.54) is 12.7 Å². The Morgan fingerprint density at radius 2 is 1.95 bits per heavy atom. The Labute approximate surface area is 123 Å². The van der Waals surface area contributed by atoms with Crippen molar-refractivity contribution in [2.75, 3.05) is 14.2 Å². The van der Waals surface area contributed by atoms with Crippen molar-refractivity contribution in [2.45, 2.75) is 26.3 Å². The van der Waals surface area contributed by atoms with Crippen LogP contribution in [0.25, 0.3) is 0 Å². The smallest absolute Gasteiger partial charge is 0.360 e. The van der Waals surface area contributed by atoms with Crippen molar-refractivity contribution in [1.82, 2.24) is 15.0 Å². The lowest BCUT2D eigenvalue weighted by Crippen LogP contribution is -2.10. The lowest BCUT2D eigenvalue weighted by atomic mass is 10.1. The number of hydrogen-bond acceptors (Lipinski definition) is 5. The number of carbonyl (C=O) groups is 1. The van der Waals surface area contributed by atoms with Crippen LogP contribution in [0.5, 0.6) is 5.75 Å². The molecule has 112 valence electrons. The number of esters is 1. The lowest BCUT2D eigenvalue weighted by molar-refractivity contribution is 0.0592. The van der Waals surface area contributed by atoms with E-state index in [4.69, 9.17) is 9.47 Å². The first-order chi connectivity index (χ1) is 10.2. The fourth-order valence-corrected chi connectivity index (χ4v) is 2.14. The Hall–Kier alpha value is -2.37. The molecule has 0 aliphatic rings. The van der Waals surface area contributed by atoms with Crippen molar-refractivity contribution in [2.24, 2.45) is 0 Å². The van der Waals surface area contributed by atoms with E-state index in [2.05, 4.69) is 10.3 Å². The monoisotopic (exact) mass is 289 g/mol. The van der Waals surface area contributed by atoms with Crippen LogP contribution in [0.3, 0.4) is 0 Å². The van der Waals surface area contributed by atoms with Gasteiger partial charge in [-0.05, 0) is 30.5 Å². The van der Waals surface area contributed by atoms with Gasteiger partial charge in [-0.15, -0.1) is 5.10 Å². The van der Waals surface area contributed by atoms with Gasteiger partial charge in [0.1, 0.15) is 5.75 Å². The Balaban J connectivity index is 2.08. The average Bonchev–Trinajstić information content (AvgIpc) is 2.95. The van der Waals surface area contributed by atoms with Gasteiger partial charge in [0.25, 0.3) is 0 Å². The molecule has 0 saturated heterocycles. The van der Waals surface area contributed by atoms with E-state index in [-0.39, 0.29) is 0 Å². The number of carbonyl (C=O) groups excluding carboxylic acids is 1. The highest BCUT2D eigenvalue weighted by molar-refractivity contribution is 5.88. The summed E-state index contributed by atoms with van der Waals surface area (Å²) in [7, 11) is 2.99. The second-order valence-electron chi connectivity index (χ2n) is 4.55. The van der Waals surface area contributed by atoms with E-state index in [9.17, 15) is 4.79 Å². The van der Waals surface area contributed by atoms with Gasteiger partial charge in [-0.1, -0.05) is 24.3 Å². The highest BCUT2D eigenvalue weighted by Crippen LogP contribution is 2.13. The van der Waals surface area contributed by atoms with E-state index >= 15 is 0 Å². The normalized spacial score (nSPS) is 10.4. The summed E-state index contributed by atoms with van der Waals surface area (Å²) < 4.78 is 11.6. The summed E-state index contributed by atoms with van der Waals surface area (Å²) in [5.74, 6) is 0.393. The summed E-state index contributed by atoms with van der Waals surface area (Å²) >= 11 is 0. The predicted octanol–water partition coefficient (Wildman–Crippen LogP) is 1.88. The molecule has 0 saturated carbocycles. The van der Waals surface area contributed by atoms with Crippen LogP contribution in [0, 0.1) is 0 Å². The first kappa shape index (κ1) is 15.0. The quantitative estimate of drug-likeness (QED) is 0.760. The molecule has 2 rings (SSSR count). The van der Waals surface area contributed by atoms with Gasteiger partial charge < -0.3 is 9.47 Å². The average molecular weight is 289 g/mol. The number of methoxy groups -OCH3 is 2. The van der Waals surface area contributed by atoms with Gasteiger partial charge in [-0.3, -0.25) is 0 Å². The van der Waals surface area contributed by atoms with Crippen LogP contribution < -0.4 is 4.74 Å². The summed E-state index contributed by atoms with van der Waals surface area (Å²) in [5.41, 5.74) is 2.28. The molecule has 0 spiro atoms. The largest absolute Gasteiger partial charge is 0.497 e. The number of aromatic nitrogens is 3. The fraction of sp³-hybridized carbons (Fsp3) is 0.400. The molecule has 1 heterocycles. The summed E-state index contributed by atoms with van der Waals surface area (Å²) in [5, 5.41) is 7.96. The number of aryl methyl sites for hydroxylation is 2. The van der Waals surface area contributed by atoms with Gasteiger partial charge in [0.2, 0.25) is 0 Å². The Morgan fingerprint density at radius 1 is 1.24 bits per heavy atom. The molecule has 6 heteroatoms. The van der Waals surface area contributed by atoms with Crippen LogP contribution in [0.1, 0.15) is 28.7 Å². The maximum absolute atomic E-state index is 11.6. The zero-order valence-electron chi connectivity index (χ0n) is 12.5. The molecule has 0 aliphatic carbocycles. The van der Waals surface area contributed by atoms with Crippen molar-refractivity contribution < 1.29 is 14.3 Å². The van der Waals surface area contributed by atoms with E-state index in [1.54, 1.807) is 11.8 Å². The SMILES string of the molecule is CCc1c(C(=O)OC)nnn1CCc1ccc(OC)cc1. The summed E-state index contributed by atoms with van der Waals surface area (Å²) in [6.07, 6.45) is 1.49. The maximum atomic E-state index is 11.6. The van der Waals surface area contributed by atoms with E-state index < -0.39 is 5.97 Å². The first-order valence-corrected chi connectivity index (χ1v) is 6.83. The van der Waals surface area contributed by atoms with E-state index in [0.29, 0.717) is 18.7 Å². The van der Waals surface area contributed by atoms with Gasteiger partial charge in [0, 0.05) is 6.54 Å². The molecule has 2 aromatic rings. The van der Waals surface area contributed by atoms with Gasteiger partial charge in [-0.2, -0.15) is 0 Å². The number of rotatable bonds is 6. The third-order valence-corrected chi connectivity index (χ3v) is 3.32. The first-order valence-electron chi connectivity index (χ1n) is 6.83. The van der Waals surface area contributed by atoms with Crippen LogP contribution in [-0.2, 0) is 24.1 Å². The molecule has 0 atom stereocenters. The van der Waals surface area contributed by atoms with Crippen LogP contribution in [0.4, 0.5) is 0 Å². The minimum Gasteiger partial charge on any atom is -0.497 e. The highest BCUT2D eigenvalue weighted by Gasteiger charge is 2.18. The third-order valence-electron chi connectivity index (χ3n) is 3.32. The van der Waals surface area contributed by atoms with Gasteiger partial charge >= 0.3 is 5.97 Å². The van der Waals surface area contributed by atoms with Crippen LogP contribution in [0.15, 0.2) is 24.3 Å². The molecule has 0 fully saturated rings. The number of nitrogens with zero attached hydrogens (tertiary/aromatic N) is 3. The predicted molar refractivity (Wildman–Crippen MR) is 77.4 cm³/mol. The Kier molecular flexibility index (Phi) is 4.92. The van der Waals surface area contributed by atoms with Crippen molar-refractivity contribution >= 4 is 5.97 Å². The third kappa shape index (κ3) is 3.39. The van der Waals surface area contributed by atoms with Gasteiger partial charge in [-0.25, -0.2) is 9.48 Å². The van der Waals surface area contributed by atoms with Crippen LogP contribution in [-0.4, -0.2) is 35.2 Å². The molecule has 1 aromatic heterocycles. The van der Waals surface area contributed by atoms with Crippen molar-refractivity contribution in [3.63, 3.8) is 0 Å². The summed E-state index contributed by atoms with van der Waals surface area (Å²) in [6, 6.07) is 7.89. The highest BCUT2D eigenvalue weighted by atomic mass is 16.5. The lowest BCUT2D eigenvalue weighted by Gasteiger charge is -2.06. The molecule has 1 aromatic carbocycles. The molecule has 0 aliphatic heterocycles. The second-order valence-corrected chi connectivity index (χ2v) is 4.55.